The number of rotatable bonds is 8. The van der Waals surface area contributed by atoms with Crippen molar-refractivity contribution in [3.63, 3.8) is 0 Å². The third-order valence-electron chi connectivity index (χ3n) is 4.28. The minimum absolute atomic E-state index is 0. The molecule has 0 spiro atoms. The van der Waals surface area contributed by atoms with Crippen LogP contribution in [0.3, 0.4) is 0 Å². The molecule has 9 heteroatoms. The second-order valence-electron chi connectivity index (χ2n) is 6.16. The Labute approximate surface area is 180 Å². The normalized spacial score (nSPS) is 15.9. The molecule has 154 valence electrons. The second kappa shape index (κ2) is 12.5. The Morgan fingerprint density at radius 2 is 1.96 bits per heavy atom. The minimum Gasteiger partial charge on any atom is -0.380 e. The monoisotopic (exact) mass is 510 g/mol. The summed E-state index contributed by atoms with van der Waals surface area (Å²) in [5, 5.41) is 6.35. The maximum atomic E-state index is 12.8. The molecule has 1 aliphatic heterocycles. The fourth-order valence-corrected chi connectivity index (χ4v) is 4.45. The van der Waals surface area contributed by atoms with Gasteiger partial charge in [0.2, 0.25) is 10.0 Å². The number of guanidine groups is 1. The predicted octanol–water partition coefficient (Wildman–Crippen LogP) is 2.18. The molecule has 1 aromatic rings. The van der Waals surface area contributed by atoms with E-state index in [9.17, 15) is 8.42 Å². The number of sulfonamides is 1. The lowest BCUT2D eigenvalue weighted by atomic mass is 10.2. The van der Waals surface area contributed by atoms with E-state index >= 15 is 0 Å². The zero-order valence-electron chi connectivity index (χ0n) is 16.1. The number of aliphatic imine (C=N–C) groups is 1. The number of hydrogen-bond acceptors (Lipinski definition) is 4. The topological polar surface area (TPSA) is 83.0 Å². The summed E-state index contributed by atoms with van der Waals surface area (Å²) < 4.78 is 32.5. The van der Waals surface area contributed by atoms with E-state index in [4.69, 9.17) is 4.74 Å². The van der Waals surface area contributed by atoms with Crippen LogP contribution in [0.4, 0.5) is 0 Å². The standard InChI is InChI=1S/C18H30N4O3S.HI/c1-3-25-13-10-20-18(19-2)21-15-16-8-7-9-17(14-16)26(23,24)22-11-5-4-6-12-22;/h7-9,14H,3-6,10-13,15H2,1-2H3,(H2,19,20,21);1H. The van der Waals surface area contributed by atoms with Crippen molar-refractivity contribution in [1.82, 2.24) is 14.9 Å². The summed E-state index contributed by atoms with van der Waals surface area (Å²) in [7, 11) is -1.70. The summed E-state index contributed by atoms with van der Waals surface area (Å²) in [5.41, 5.74) is 0.899. The highest BCUT2D eigenvalue weighted by Crippen LogP contribution is 2.21. The molecule has 1 fully saturated rings. The molecule has 2 rings (SSSR count). The fraction of sp³-hybridized carbons (Fsp3) is 0.611. The maximum Gasteiger partial charge on any atom is 0.243 e. The Kier molecular flexibility index (Phi) is 11.2. The van der Waals surface area contributed by atoms with E-state index in [1.807, 2.05) is 13.0 Å². The molecule has 0 radical (unpaired) electrons. The van der Waals surface area contributed by atoms with Gasteiger partial charge in [0.05, 0.1) is 11.5 Å². The van der Waals surface area contributed by atoms with Gasteiger partial charge in [-0.2, -0.15) is 4.31 Å². The van der Waals surface area contributed by atoms with Crippen LogP contribution in [-0.4, -0.2) is 58.6 Å². The van der Waals surface area contributed by atoms with Crippen molar-refractivity contribution in [2.45, 2.75) is 37.6 Å². The molecule has 0 bridgehead atoms. The second-order valence-corrected chi connectivity index (χ2v) is 8.10. The molecule has 1 aromatic carbocycles. The van der Waals surface area contributed by atoms with Crippen molar-refractivity contribution in [2.24, 2.45) is 4.99 Å². The van der Waals surface area contributed by atoms with Gasteiger partial charge in [0.15, 0.2) is 5.96 Å². The van der Waals surface area contributed by atoms with E-state index < -0.39 is 10.0 Å². The number of nitrogens with zero attached hydrogens (tertiary/aromatic N) is 2. The summed E-state index contributed by atoms with van der Waals surface area (Å²) in [6.45, 7) is 5.64. The largest absolute Gasteiger partial charge is 0.380 e. The maximum absolute atomic E-state index is 12.8. The van der Waals surface area contributed by atoms with Crippen LogP contribution in [0.2, 0.25) is 0 Å². The van der Waals surface area contributed by atoms with Crippen LogP contribution in [0.25, 0.3) is 0 Å². The number of ether oxygens (including phenoxy) is 1. The first-order valence-corrected chi connectivity index (χ1v) is 10.6. The summed E-state index contributed by atoms with van der Waals surface area (Å²) in [5.74, 6) is 0.661. The molecule has 0 aromatic heterocycles. The fourth-order valence-electron chi connectivity index (χ4n) is 2.86. The first-order chi connectivity index (χ1) is 12.6. The van der Waals surface area contributed by atoms with Crippen LogP contribution < -0.4 is 10.6 Å². The number of piperidine rings is 1. The molecule has 0 saturated carbocycles. The van der Waals surface area contributed by atoms with Crippen LogP contribution >= 0.6 is 24.0 Å². The minimum atomic E-state index is -3.41. The van der Waals surface area contributed by atoms with Crippen molar-refractivity contribution >= 4 is 40.0 Å². The van der Waals surface area contributed by atoms with Crippen molar-refractivity contribution in [2.75, 3.05) is 39.9 Å². The van der Waals surface area contributed by atoms with Gasteiger partial charge in [-0.05, 0) is 37.5 Å². The molecule has 1 aliphatic rings. The first-order valence-electron chi connectivity index (χ1n) is 9.19. The van der Waals surface area contributed by atoms with Gasteiger partial charge in [-0.25, -0.2) is 8.42 Å². The van der Waals surface area contributed by atoms with Gasteiger partial charge >= 0.3 is 0 Å². The Morgan fingerprint density at radius 1 is 1.22 bits per heavy atom. The summed E-state index contributed by atoms with van der Waals surface area (Å²) >= 11 is 0. The molecule has 1 heterocycles. The van der Waals surface area contributed by atoms with Gasteiger partial charge in [-0.15, -0.1) is 24.0 Å². The Bertz CT molecular complexity index is 692. The van der Waals surface area contributed by atoms with E-state index in [2.05, 4.69) is 15.6 Å². The van der Waals surface area contributed by atoms with Crippen molar-refractivity contribution < 1.29 is 13.2 Å². The van der Waals surface area contributed by atoms with Crippen molar-refractivity contribution in [1.29, 1.82) is 0 Å². The number of benzene rings is 1. The van der Waals surface area contributed by atoms with Crippen molar-refractivity contribution in [3.8, 4) is 0 Å². The van der Waals surface area contributed by atoms with Gasteiger partial charge in [-0.1, -0.05) is 18.6 Å². The molecule has 0 unspecified atom stereocenters. The number of nitrogens with one attached hydrogen (secondary N) is 2. The van der Waals surface area contributed by atoms with E-state index in [-0.39, 0.29) is 24.0 Å². The summed E-state index contributed by atoms with van der Waals surface area (Å²) in [6.07, 6.45) is 2.97. The van der Waals surface area contributed by atoms with E-state index in [0.29, 0.717) is 50.2 Å². The van der Waals surface area contributed by atoms with Gasteiger partial charge in [0, 0.05) is 39.8 Å². The zero-order chi connectivity index (χ0) is 18.8. The third kappa shape index (κ3) is 7.55. The highest BCUT2D eigenvalue weighted by atomic mass is 127. The number of halogens is 1. The van der Waals surface area contributed by atoms with Gasteiger partial charge in [-0.3, -0.25) is 4.99 Å². The molecular weight excluding hydrogens is 479 g/mol. The summed E-state index contributed by atoms with van der Waals surface area (Å²) in [4.78, 5) is 4.52. The molecule has 1 saturated heterocycles. The van der Waals surface area contributed by atoms with Crippen LogP contribution in [0.1, 0.15) is 31.7 Å². The highest BCUT2D eigenvalue weighted by molar-refractivity contribution is 14.0. The first kappa shape index (κ1) is 24.1. The van der Waals surface area contributed by atoms with Crippen LogP contribution in [-0.2, 0) is 21.3 Å². The Balaban J connectivity index is 0.00000364. The van der Waals surface area contributed by atoms with Gasteiger partial charge in [0.1, 0.15) is 0 Å². The summed E-state index contributed by atoms with van der Waals surface area (Å²) in [6, 6.07) is 7.11. The van der Waals surface area contributed by atoms with Crippen molar-refractivity contribution in [3.05, 3.63) is 29.8 Å². The van der Waals surface area contributed by atoms with Gasteiger partial charge in [0.25, 0.3) is 0 Å². The SMILES string of the molecule is CCOCCNC(=NC)NCc1cccc(S(=O)(=O)N2CCCCC2)c1.I. The molecule has 7 nitrogen and oxygen atoms in total. The molecular formula is C18H31IN4O3S. The van der Waals surface area contributed by atoms with E-state index in [1.54, 1.807) is 29.6 Å². The Hall–Kier alpha value is -0.910. The van der Waals surface area contributed by atoms with Crippen LogP contribution in [0.15, 0.2) is 34.2 Å². The average Bonchev–Trinajstić information content (AvgIpc) is 2.68. The molecule has 0 atom stereocenters. The van der Waals surface area contributed by atoms with E-state index in [1.165, 1.54) is 0 Å². The predicted molar refractivity (Wildman–Crippen MR) is 119 cm³/mol. The molecule has 0 amide bonds. The lowest BCUT2D eigenvalue weighted by molar-refractivity contribution is 0.152. The average molecular weight is 510 g/mol. The quantitative estimate of drug-likeness (QED) is 0.243. The van der Waals surface area contributed by atoms with E-state index in [0.717, 1.165) is 24.8 Å². The molecule has 27 heavy (non-hydrogen) atoms. The van der Waals surface area contributed by atoms with Crippen LogP contribution in [0, 0.1) is 0 Å². The molecule has 0 aliphatic carbocycles. The smallest absolute Gasteiger partial charge is 0.243 e. The molecule has 2 N–H and O–H groups in total. The van der Waals surface area contributed by atoms with Gasteiger partial charge < -0.3 is 15.4 Å². The number of hydrogen-bond donors (Lipinski definition) is 2. The Morgan fingerprint density at radius 3 is 2.63 bits per heavy atom. The third-order valence-corrected chi connectivity index (χ3v) is 6.17. The lowest BCUT2D eigenvalue weighted by Gasteiger charge is -2.26. The highest BCUT2D eigenvalue weighted by Gasteiger charge is 2.25. The van der Waals surface area contributed by atoms with Crippen LogP contribution in [0.5, 0.6) is 0 Å². The lowest BCUT2D eigenvalue weighted by Crippen LogP contribution is -2.38. The zero-order valence-corrected chi connectivity index (χ0v) is 19.3.